The van der Waals surface area contributed by atoms with Crippen LogP contribution in [0.4, 0.5) is 0 Å². The number of amides is 1. The Hall–Kier alpha value is -2.36. The second-order valence-corrected chi connectivity index (χ2v) is 7.30. The van der Waals surface area contributed by atoms with Crippen molar-refractivity contribution in [3.05, 3.63) is 58.7 Å². The lowest BCUT2D eigenvalue weighted by Crippen LogP contribution is -2.23. The standard InChI is InChI=1S/C21H31N3O/c1-15(8-6-9-16(2)14-19(25)24-20(22)23)11-12-18-17(3)10-7-13-21(18,4)5/h6,8-9,11-12,14H,7,10,13H2,1-5H3,(H4,22,23,24,25)/b9-6+,12-11+,15-8+,16-14+. The molecule has 0 unspecified atom stereocenters. The van der Waals surface area contributed by atoms with Crippen molar-refractivity contribution in [1.29, 1.82) is 0 Å². The minimum absolute atomic E-state index is 0.228. The van der Waals surface area contributed by atoms with Crippen molar-refractivity contribution >= 4 is 11.9 Å². The fourth-order valence-corrected chi connectivity index (χ4v) is 3.03. The van der Waals surface area contributed by atoms with Crippen LogP contribution in [0.1, 0.15) is 53.9 Å². The highest BCUT2D eigenvalue weighted by Gasteiger charge is 2.26. The van der Waals surface area contributed by atoms with E-state index in [1.807, 2.05) is 25.2 Å². The van der Waals surface area contributed by atoms with Gasteiger partial charge in [-0.3, -0.25) is 4.79 Å². The van der Waals surface area contributed by atoms with Crippen molar-refractivity contribution in [3.63, 3.8) is 0 Å². The second-order valence-electron chi connectivity index (χ2n) is 7.30. The van der Waals surface area contributed by atoms with E-state index in [2.05, 4.69) is 44.8 Å². The van der Waals surface area contributed by atoms with E-state index in [1.165, 1.54) is 36.5 Å². The number of guanidine groups is 1. The van der Waals surface area contributed by atoms with Gasteiger partial charge in [0.1, 0.15) is 0 Å². The van der Waals surface area contributed by atoms with Crippen molar-refractivity contribution < 1.29 is 4.79 Å². The molecule has 25 heavy (non-hydrogen) atoms. The van der Waals surface area contributed by atoms with Crippen LogP contribution < -0.4 is 11.5 Å². The first-order valence-corrected chi connectivity index (χ1v) is 8.67. The van der Waals surface area contributed by atoms with Crippen molar-refractivity contribution in [2.75, 3.05) is 0 Å². The Morgan fingerprint density at radius 1 is 1.16 bits per heavy atom. The summed E-state index contributed by atoms with van der Waals surface area (Å²) in [5.74, 6) is -0.682. The van der Waals surface area contributed by atoms with E-state index in [1.54, 1.807) is 0 Å². The van der Waals surface area contributed by atoms with Gasteiger partial charge in [0, 0.05) is 6.08 Å². The second kappa shape index (κ2) is 9.21. The Morgan fingerprint density at radius 3 is 2.44 bits per heavy atom. The van der Waals surface area contributed by atoms with Gasteiger partial charge in [0.05, 0.1) is 0 Å². The number of nitrogens with zero attached hydrogens (tertiary/aromatic N) is 1. The number of hydrogen-bond donors (Lipinski definition) is 2. The van der Waals surface area contributed by atoms with Gasteiger partial charge in [0.15, 0.2) is 5.96 Å². The molecule has 0 aromatic carbocycles. The van der Waals surface area contributed by atoms with Gasteiger partial charge in [-0.1, -0.05) is 55.4 Å². The summed E-state index contributed by atoms with van der Waals surface area (Å²) in [5.41, 5.74) is 15.5. The van der Waals surface area contributed by atoms with Gasteiger partial charge in [-0.05, 0) is 56.6 Å². The fraction of sp³-hybridized carbons (Fsp3) is 0.429. The zero-order valence-electron chi connectivity index (χ0n) is 16.1. The number of aliphatic imine (C=N–C) groups is 1. The zero-order valence-corrected chi connectivity index (χ0v) is 16.1. The van der Waals surface area contributed by atoms with Crippen LogP contribution in [0.5, 0.6) is 0 Å². The summed E-state index contributed by atoms with van der Waals surface area (Å²) in [6.07, 6.45) is 15.3. The Morgan fingerprint density at radius 2 is 1.84 bits per heavy atom. The molecule has 136 valence electrons. The minimum Gasteiger partial charge on any atom is -0.370 e. The smallest absolute Gasteiger partial charge is 0.273 e. The van der Waals surface area contributed by atoms with Gasteiger partial charge in [-0.25, -0.2) is 0 Å². The quantitative estimate of drug-likeness (QED) is 0.338. The molecule has 1 amide bonds. The summed E-state index contributed by atoms with van der Waals surface area (Å²) in [4.78, 5) is 14.9. The molecule has 0 atom stereocenters. The highest BCUT2D eigenvalue weighted by Crippen LogP contribution is 2.40. The molecule has 0 aliphatic heterocycles. The molecule has 0 radical (unpaired) electrons. The molecular weight excluding hydrogens is 310 g/mol. The van der Waals surface area contributed by atoms with E-state index >= 15 is 0 Å². The largest absolute Gasteiger partial charge is 0.370 e. The summed E-state index contributed by atoms with van der Waals surface area (Å²) in [6.45, 7) is 10.8. The molecule has 0 aromatic rings. The van der Waals surface area contributed by atoms with E-state index in [9.17, 15) is 4.79 Å². The predicted octanol–water partition coefficient (Wildman–Crippen LogP) is 4.32. The normalized spacial score (nSPS) is 18.9. The van der Waals surface area contributed by atoms with Crippen LogP contribution in [0.15, 0.2) is 63.7 Å². The first-order chi connectivity index (χ1) is 11.6. The number of allylic oxidation sites excluding steroid dienone is 9. The maximum absolute atomic E-state index is 11.4. The molecule has 0 aromatic heterocycles. The van der Waals surface area contributed by atoms with Gasteiger partial charge in [-0.15, -0.1) is 0 Å². The van der Waals surface area contributed by atoms with E-state index < -0.39 is 5.91 Å². The van der Waals surface area contributed by atoms with Crippen LogP contribution in [0, 0.1) is 5.41 Å². The Kier molecular flexibility index (Phi) is 7.62. The molecule has 0 spiro atoms. The Balaban J connectivity index is 2.77. The molecule has 0 heterocycles. The van der Waals surface area contributed by atoms with Gasteiger partial charge in [0.2, 0.25) is 0 Å². The van der Waals surface area contributed by atoms with Crippen molar-refractivity contribution in [2.45, 2.75) is 53.9 Å². The number of rotatable bonds is 5. The van der Waals surface area contributed by atoms with Crippen LogP contribution in [0.2, 0.25) is 0 Å². The lowest BCUT2D eigenvalue weighted by atomic mass is 9.72. The van der Waals surface area contributed by atoms with Crippen molar-refractivity contribution in [1.82, 2.24) is 0 Å². The lowest BCUT2D eigenvalue weighted by molar-refractivity contribution is -0.113. The van der Waals surface area contributed by atoms with E-state index in [0.29, 0.717) is 0 Å². The van der Waals surface area contributed by atoms with Gasteiger partial charge in [-0.2, -0.15) is 4.99 Å². The van der Waals surface area contributed by atoms with Crippen LogP contribution in [0.25, 0.3) is 0 Å². The maximum Gasteiger partial charge on any atom is 0.273 e. The number of hydrogen-bond acceptors (Lipinski definition) is 1. The Labute approximate surface area is 151 Å². The average molecular weight is 341 g/mol. The van der Waals surface area contributed by atoms with Crippen LogP contribution >= 0.6 is 0 Å². The molecule has 0 bridgehead atoms. The van der Waals surface area contributed by atoms with Gasteiger partial charge >= 0.3 is 0 Å². The summed E-state index contributed by atoms with van der Waals surface area (Å²) in [7, 11) is 0. The number of carbonyl (C=O) groups excluding carboxylic acids is 1. The highest BCUT2D eigenvalue weighted by atomic mass is 16.1. The van der Waals surface area contributed by atoms with Crippen LogP contribution in [-0.4, -0.2) is 11.9 Å². The molecule has 0 fully saturated rings. The SMILES string of the molecule is CC1=C(/C=C/C(C)=C/C=C/C(C)=C/C(=O)N=C(N)N)C(C)(C)CCC1. The van der Waals surface area contributed by atoms with Crippen LogP contribution in [0.3, 0.4) is 0 Å². The maximum atomic E-state index is 11.4. The molecule has 1 aliphatic rings. The minimum atomic E-state index is -0.454. The average Bonchev–Trinajstić information content (AvgIpc) is 2.44. The zero-order chi connectivity index (χ0) is 19.0. The van der Waals surface area contributed by atoms with Gasteiger partial charge in [0.25, 0.3) is 5.91 Å². The molecule has 0 saturated heterocycles. The summed E-state index contributed by atoms with van der Waals surface area (Å²) in [5, 5.41) is 0. The molecule has 0 saturated carbocycles. The van der Waals surface area contributed by atoms with Crippen molar-refractivity contribution in [2.24, 2.45) is 21.9 Å². The summed E-state index contributed by atoms with van der Waals surface area (Å²) >= 11 is 0. The third kappa shape index (κ3) is 7.38. The monoisotopic (exact) mass is 341 g/mol. The summed E-state index contributed by atoms with van der Waals surface area (Å²) in [6, 6.07) is 0. The Bertz CT molecular complexity index is 682. The van der Waals surface area contributed by atoms with Gasteiger partial charge < -0.3 is 11.5 Å². The highest BCUT2D eigenvalue weighted by molar-refractivity contribution is 5.98. The fourth-order valence-electron chi connectivity index (χ4n) is 3.03. The first-order valence-electron chi connectivity index (χ1n) is 8.67. The molecule has 4 heteroatoms. The van der Waals surface area contributed by atoms with E-state index in [-0.39, 0.29) is 11.4 Å². The molecule has 1 aliphatic carbocycles. The molecular formula is C21H31N3O. The van der Waals surface area contributed by atoms with Crippen LogP contribution in [-0.2, 0) is 4.79 Å². The number of carbonyl (C=O) groups is 1. The topological polar surface area (TPSA) is 81.5 Å². The third-order valence-electron chi connectivity index (χ3n) is 4.36. The van der Waals surface area contributed by atoms with Crippen molar-refractivity contribution in [3.8, 4) is 0 Å². The molecule has 1 rings (SSSR count). The van der Waals surface area contributed by atoms with E-state index in [0.717, 1.165) is 11.1 Å². The first kappa shape index (κ1) is 20.7. The third-order valence-corrected chi connectivity index (χ3v) is 4.36. The molecule has 4 N–H and O–H groups in total. The van der Waals surface area contributed by atoms with E-state index in [4.69, 9.17) is 11.5 Å². The number of nitrogens with two attached hydrogens (primary N) is 2. The predicted molar refractivity (Wildman–Crippen MR) is 107 cm³/mol. The summed E-state index contributed by atoms with van der Waals surface area (Å²) < 4.78 is 0. The molecule has 4 nitrogen and oxygen atoms in total. The lowest BCUT2D eigenvalue weighted by Gasteiger charge is -2.32.